The first-order valence-corrected chi connectivity index (χ1v) is 10.5. The van der Waals surface area contributed by atoms with E-state index in [1.807, 2.05) is 0 Å². The molecule has 0 aliphatic heterocycles. The molecular weight excluding hydrogens is 410 g/mol. The summed E-state index contributed by atoms with van der Waals surface area (Å²) in [7, 11) is -2.33. The summed E-state index contributed by atoms with van der Waals surface area (Å²) in [6.07, 6.45) is 0. The molecule has 0 saturated heterocycles. The highest BCUT2D eigenvalue weighted by Gasteiger charge is 2.22. The number of hydrogen-bond donors (Lipinski definition) is 1. The monoisotopic (exact) mass is 430 g/mol. The first-order chi connectivity index (χ1) is 14.2. The predicted molar refractivity (Wildman–Crippen MR) is 111 cm³/mol. The number of para-hydroxylation sites is 1. The normalized spacial score (nSPS) is 12.3. The fraction of sp³-hybridized carbons (Fsp3) is 0.136. The second-order valence-electron chi connectivity index (χ2n) is 6.70. The molecule has 1 atom stereocenters. The summed E-state index contributed by atoms with van der Waals surface area (Å²) in [6, 6.07) is 17.0. The van der Waals surface area contributed by atoms with Crippen LogP contribution in [0.1, 0.15) is 28.9 Å². The number of anilines is 1. The molecule has 156 valence electrons. The third kappa shape index (κ3) is 4.49. The zero-order chi connectivity index (χ0) is 21.9. The van der Waals surface area contributed by atoms with Gasteiger partial charge in [0.05, 0.1) is 16.6 Å². The van der Waals surface area contributed by atoms with Crippen molar-refractivity contribution in [3.63, 3.8) is 0 Å². The van der Waals surface area contributed by atoms with E-state index < -0.39 is 33.6 Å². The molecule has 1 amide bonds. The van der Waals surface area contributed by atoms with Crippen LogP contribution in [0.3, 0.4) is 0 Å². The first-order valence-electron chi connectivity index (χ1n) is 9.10. The highest BCUT2D eigenvalue weighted by atomic mass is 32.2. The van der Waals surface area contributed by atoms with Gasteiger partial charge in [-0.05, 0) is 61.0 Å². The summed E-state index contributed by atoms with van der Waals surface area (Å²) in [6.45, 7) is 1.64. The minimum atomic E-state index is -3.78. The van der Waals surface area contributed by atoms with Gasteiger partial charge in [-0.15, -0.1) is 0 Å². The second-order valence-corrected chi connectivity index (χ2v) is 8.67. The fourth-order valence-corrected chi connectivity index (χ4v) is 4.05. The van der Waals surface area contributed by atoms with Crippen LogP contribution in [0, 0.1) is 11.6 Å². The summed E-state index contributed by atoms with van der Waals surface area (Å²) >= 11 is 0. The van der Waals surface area contributed by atoms with Gasteiger partial charge >= 0.3 is 0 Å². The van der Waals surface area contributed by atoms with Gasteiger partial charge in [0.2, 0.25) is 0 Å². The molecule has 30 heavy (non-hydrogen) atoms. The Morgan fingerprint density at radius 3 is 2.17 bits per heavy atom. The highest BCUT2D eigenvalue weighted by Crippen LogP contribution is 2.22. The lowest BCUT2D eigenvalue weighted by Crippen LogP contribution is -2.28. The number of hydrogen-bond acceptors (Lipinski definition) is 3. The quantitative estimate of drug-likeness (QED) is 0.635. The van der Waals surface area contributed by atoms with Crippen LogP contribution in [-0.4, -0.2) is 21.4 Å². The number of benzene rings is 3. The third-order valence-electron chi connectivity index (χ3n) is 4.69. The molecule has 0 spiro atoms. The van der Waals surface area contributed by atoms with Crippen molar-refractivity contribution in [3.8, 4) is 0 Å². The van der Waals surface area contributed by atoms with Gasteiger partial charge in [-0.3, -0.25) is 9.10 Å². The van der Waals surface area contributed by atoms with Crippen molar-refractivity contribution >= 4 is 21.6 Å². The lowest BCUT2D eigenvalue weighted by Gasteiger charge is -2.19. The van der Waals surface area contributed by atoms with Gasteiger partial charge in [0.1, 0.15) is 0 Å². The lowest BCUT2D eigenvalue weighted by atomic mass is 10.1. The summed E-state index contributed by atoms with van der Waals surface area (Å²) in [5.41, 5.74) is 1.16. The average molecular weight is 430 g/mol. The Hall–Kier alpha value is -3.26. The van der Waals surface area contributed by atoms with Gasteiger partial charge < -0.3 is 5.32 Å². The standard InChI is InChI=1S/C22H20F2N2O3S/c1-15(17-10-13-20(23)21(24)14-17)25-22(27)16-8-11-19(12-9-16)30(28,29)26(2)18-6-4-3-5-7-18/h3-15H,1-2H3,(H,25,27). The number of carbonyl (C=O) groups is 1. The molecule has 0 radical (unpaired) electrons. The number of carbonyl (C=O) groups excluding carboxylic acids is 1. The lowest BCUT2D eigenvalue weighted by molar-refractivity contribution is 0.0939. The Kier molecular flexibility index (Phi) is 6.17. The van der Waals surface area contributed by atoms with Gasteiger partial charge in [0, 0.05) is 12.6 Å². The topological polar surface area (TPSA) is 66.5 Å². The number of sulfonamides is 1. The number of rotatable bonds is 6. The van der Waals surface area contributed by atoms with Crippen LogP contribution < -0.4 is 9.62 Å². The molecule has 0 aliphatic rings. The molecule has 0 saturated carbocycles. The van der Waals surface area contributed by atoms with Crippen molar-refractivity contribution in [2.75, 3.05) is 11.4 Å². The maximum atomic E-state index is 13.4. The van der Waals surface area contributed by atoms with Crippen LogP contribution in [0.2, 0.25) is 0 Å². The molecular formula is C22H20F2N2O3S. The minimum Gasteiger partial charge on any atom is -0.346 e. The Balaban J connectivity index is 1.74. The van der Waals surface area contributed by atoms with Crippen molar-refractivity contribution in [1.29, 1.82) is 0 Å². The van der Waals surface area contributed by atoms with Crippen LogP contribution in [0.25, 0.3) is 0 Å². The molecule has 0 fully saturated rings. The number of amides is 1. The Bertz CT molecular complexity index is 1150. The number of nitrogens with zero attached hydrogens (tertiary/aromatic N) is 1. The average Bonchev–Trinajstić information content (AvgIpc) is 2.75. The van der Waals surface area contributed by atoms with Crippen LogP contribution in [-0.2, 0) is 10.0 Å². The van der Waals surface area contributed by atoms with Gasteiger partial charge in [-0.2, -0.15) is 0 Å². The summed E-state index contributed by atoms with van der Waals surface area (Å²) in [5, 5.41) is 2.68. The predicted octanol–water partition coefficient (Wildman–Crippen LogP) is 4.28. The van der Waals surface area contributed by atoms with E-state index in [4.69, 9.17) is 0 Å². The van der Waals surface area contributed by atoms with Gasteiger partial charge in [0.25, 0.3) is 15.9 Å². The second kappa shape index (κ2) is 8.62. The van der Waals surface area contributed by atoms with Crippen molar-refractivity contribution in [1.82, 2.24) is 5.32 Å². The molecule has 0 bridgehead atoms. The van der Waals surface area contributed by atoms with Crippen molar-refractivity contribution in [3.05, 3.63) is 95.6 Å². The summed E-state index contributed by atoms with van der Waals surface area (Å²) in [4.78, 5) is 12.5. The van der Waals surface area contributed by atoms with E-state index in [2.05, 4.69) is 5.32 Å². The van der Waals surface area contributed by atoms with Crippen LogP contribution in [0.15, 0.2) is 77.7 Å². The maximum Gasteiger partial charge on any atom is 0.264 e. The molecule has 5 nitrogen and oxygen atoms in total. The van der Waals surface area contributed by atoms with Gasteiger partial charge in [0.15, 0.2) is 11.6 Å². The van der Waals surface area contributed by atoms with Crippen LogP contribution in [0.4, 0.5) is 14.5 Å². The molecule has 1 N–H and O–H groups in total. The van der Waals surface area contributed by atoms with Gasteiger partial charge in [-0.1, -0.05) is 24.3 Å². The molecule has 0 aliphatic carbocycles. The molecule has 8 heteroatoms. The van der Waals surface area contributed by atoms with E-state index in [1.165, 1.54) is 37.4 Å². The molecule has 0 aromatic heterocycles. The summed E-state index contributed by atoms with van der Waals surface area (Å²) < 4.78 is 53.2. The van der Waals surface area contributed by atoms with E-state index >= 15 is 0 Å². The molecule has 3 aromatic rings. The summed E-state index contributed by atoms with van der Waals surface area (Å²) in [5.74, 6) is -2.42. The molecule has 3 aromatic carbocycles. The zero-order valence-corrected chi connectivity index (χ0v) is 17.2. The van der Waals surface area contributed by atoms with Crippen molar-refractivity contribution in [2.24, 2.45) is 0 Å². The number of halogens is 2. The van der Waals surface area contributed by atoms with Gasteiger partial charge in [-0.25, -0.2) is 17.2 Å². The largest absolute Gasteiger partial charge is 0.346 e. The van der Waals surface area contributed by atoms with Crippen LogP contribution >= 0.6 is 0 Å². The third-order valence-corrected chi connectivity index (χ3v) is 6.49. The fourth-order valence-electron chi connectivity index (χ4n) is 2.86. The maximum absolute atomic E-state index is 13.4. The highest BCUT2D eigenvalue weighted by molar-refractivity contribution is 7.92. The van der Waals surface area contributed by atoms with E-state index in [1.54, 1.807) is 37.3 Å². The molecule has 0 heterocycles. The van der Waals surface area contributed by atoms with E-state index in [9.17, 15) is 22.0 Å². The molecule has 3 rings (SSSR count). The Labute approximate surface area is 174 Å². The van der Waals surface area contributed by atoms with Crippen molar-refractivity contribution in [2.45, 2.75) is 17.9 Å². The Morgan fingerprint density at radius 1 is 0.933 bits per heavy atom. The van der Waals surface area contributed by atoms with Crippen LogP contribution in [0.5, 0.6) is 0 Å². The Morgan fingerprint density at radius 2 is 1.57 bits per heavy atom. The van der Waals surface area contributed by atoms with E-state index in [-0.39, 0.29) is 10.5 Å². The molecule has 1 unspecified atom stereocenters. The minimum absolute atomic E-state index is 0.0408. The first kappa shape index (κ1) is 21.4. The van der Waals surface area contributed by atoms with E-state index in [0.717, 1.165) is 16.4 Å². The zero-order valence-electron chi connectivity index (χ0n) is 16.3. The van der Waals surface area contributed by atoms with Crippen molar-refractivity contribution < 1.29 is 22.0 Å². The smallest absolute Gasteiger partial charge is 0.264 e. The number of nitrogens with one attached hydrogen (secondary N) is 1. The van der Waals surface area contributed by atoms with E-state index in [0.29, 0.717) is 11.3 Å². The SMILES string of the molecule is CC(NC(=O)c1ccc(S(=O)(=O)N(C)c2ccccc2)cc1)c1ccc(F)c(F)c1.